The maximum absolute atomic E-state index is 12.6. The normalized spacial score (nSPS) is 21.6. The van der Waals surface area contributed by atoms with E-state index in [-0.39, 0.29) is 12.5 Å². The SMILES string of the molecule is COc1ccc(OCc2cc(C(=O)N3C[C@@H]4CC[C@@H]3C4)n[nH]2)c(Cl)c1. The van der Waals surface area contributed by atoms with Crippen LogP contribution in [0.2, 0.25) is 5.02 Å². The molecule has 1 aliphatic carbocycles. The number of carbonyl (C=O) groups is 1. The summed E-state index contributed by atoms with van der Waals surface area (Å²) in [5, 5.41) is 7.51. The third-order valence-corrected chi connectivity index (χ3v) is 5.34. The average molecular weight is 362 g/mol. The number of methoxy groups -OCH3 is 1. The highest BCUT2D eigenvalue weighted by Crippen LogP contribution is 2.38. The molecule has 2 aliphatic rings. The van der Waals surface area contributed by atoms with E-state index in [1.165, 1.54) is 6.42 Å². The quantitative estimate of drug-likeness (QED) is 0.887. The first-order valence-electron chi connectivity index (χ1n) is 8.45. The van der Waals surface area contributed by atoms with Crippen LogP contribution in [0.25, 0.3) is 0 Å². The first kappa shape index (κ1) is 16.3. The van der Waals surface area contributed by atoms with Crippen LogP contribution >= 0.6 is 11.6 Å². The summed E-state index contributed by atoms with van der Waals surface area (Å²) in [5.74, 6) is 1.92. The van der Waals surface area contributed by atoms with Crippen molar-refractivity contribution >= 4 is 17.5 Å². The van der Waals surface area contributed by atoms with E-state index in [1.807, 2.05) is 4.90 Å². The van der Waals surface area contributed by atoms with Crippen molar-refractivity contribution in [3.05, 3.63) is 40.7 Å². The number of ether oxygens (including phenoxy) is 2. The summed E-state index contributed by atoms with van der Waals surface area (Å²) in [6.45, 7) is 1.13. The van der Waals surface area contributed by atoms with Crippen LogP contribution in [-0.4, -0.2) is 40.7 Å². The van der Waals surface area contributed by atoms with Gasteiger partial charge in [-0.3, -0.25) is 9.89 Å². The van der Waals surface area contributed by atoms with Crippen molar-refractivity contribution in [2.24, 2.45) is 5.92 Å². The fourth-order valence-electron chi connectivity index (χ4n) is 3.75. The van der Waals surface area contributed by atoms with Gasteiger partial charge in [0.1, 0.15) is 18.1 Å². The van der Waals surface area contributed by atoms with Crippen LogP contribution in [0.1, 0.15) is 35.4 Å². The van der Waals surface area contributed by atoms with Gasteiger partial charge in [0.2, 0.25) is 0 Å². The molecule has 0 radical (unpaired) electrons. The van der Waals surface area contributed by atoms with Gasteiger partial charge in [0.15, 0.2) is 5.69 Å². The number of piperidine rings is 1. The maximum Gasteiger partial charge on any atom is 0.274 e. The molecule has 132 valence electrons. The number of likely N-dealkylation sites (tertiary alicyclic amines) is 1. The van der Waals surface area contributed by atoms with E-state index in [0.29, 0.717) is 34.2 Å². The molecular formula is C18H20ClN3O3. The Labute approximate surface area is 151 Å². The number of carbonyl (C=O) groups excluding carboxylic acids is 1. The van der Waals surface area contributed by atoms with Crippen molar-refractivity contribution in [2.45, 2.75) is 31.9 Å². The second kappa shape index (κ2) is 6.59. The maximum atomic E-state index is 12.6. The molecule has 0 unspecified atom stereocenters. The molecule has 1 aromatic heterocycles. The Hall–Kier alpha value is -2.21. The Bertz CT molecular complexity index is 792. The molecule has 1 aliphatic heterocycles. The van der Waals surface area contributed by atoms with Gasteiger partial charge in [-0.1, -0.05) is 11.6 Å². The number of hydrogen-bond donors (Lipinski definition) is 1. The predicted molar refractivity (Wildman–Crippen MR) is 93.1 cm³/mol. The Morgan fingerprint density at radius 1 is 1.40 bits per heavy atom. The third kappa shape index (κ3) is 3.18. The van der Waals surface area contributed by atoms with Gasteiger partial charge in [0.25, 0.3) is 5.91 Å². The van der Waals surface area contributed by atoms with Crippen LogP contribution in [0, 0.1) is 5.92 Å². The van der Waals surface area contributed by atoms with Crippen LogP contribution in [0.5, 0.6) is 11.5 Å². The van der Waals surface area contributed by atoms with Gasteiger partial charge in [-0.25, -0.2) is 0 Å². The molecule has 2 fully saturated rings. The summed E-state index contributed by atoms with van der Waals surface area (Å²) in [4.78, 5) is 14.6. The molecule has 4 rings (SSSR count). The number of rotatable bonds is 5. The second-order valence-electron chi connectivity index (χ2n) is 6.65. The van der Waals surface area contributed by atoms with Crippen LogP contribution in [-0.2, 0) is 6.61 Å². The lowest BCUT2D eigenvalue weighted by Crippen LogP contribution is -2.37. The summed E-state index contributed by atoms with van der Waals surface area (Å²) in [5.41, 5.74) is 1.19. The molecule has 2 heterocycles. The van der Waals surface area contributed by atoms with Gasteiger partial charge >= 0.3 is 0 Å². The van der Waals surface area contributed by atoms with Crippen molar-refractivity contribution in [3.8, 4) is 11.5 Å². The lowest BCUT2D eigenvalue weighted by Gasteiger charge is -2.26. The topological polar surface area (TPSA) is 67.5 Å². The molecule has 2 bridgehead atoms. The number of aromatic amines is 1. The molecular weight excluding hydrogens is 342 g/mol. The Morgan fingerprint density at radius 3 is 2.96 bits per heavy atom. The first-order valence-corrected chi connectivity index (χ1v) is 8.83. The number of aromatic nitrogens is 2. The monoisotopic (exact) mass is 361 g/mol. The molecule has 0 spiro atoms. The molecule has 1 aromatic carbocycles. The summed E-state index contributed by atoms with van der Waals surface area (Å²) in [7, 11) is 1.58. The van der Waals surface area contributed by atoms with Crippen LogP contribution in [0.15, 0.2) is 24.3 Å². The highest BCUT2D eigenvalue weighted by atomic mass is 35.5. The molecule has 1 N–H and O–H groups in total. The molecule has 1 saturated heterocycles. The number of fused-ring (bicyclic) bond motifs is 2. The lowest BCUT2D eigenvalue weighted by atomic mass is 10.1. The van der Waals surface area contributed by atoms with Gasteiger partial charge in [0, 0.05) is 18.7 Å². The minimum absolute atomic E-state index is 0.0113. The number of H-pyrrole nitrogens is 1. The van der Waals surface area contributed by atoms with Crippen LogP contribution < -0.4 is 9.47 Å². The number of benzene rings is 1. The van der Waals surface area contributed by atoms with Crippen molar-refractivity contribution in [2.75, 3.05) is 13.7 Å². The molecule has 1 amide bonds. The second-order valence-corrected chi connectivity index (χ2v) is 7.06. The van der Waals surface area contributed by atoms with E-state index in [9.17, 15) is 4.79 Å². The van der Waals surface area contributed by atoms with E-state index < -0.39 is 0 Å². The number of nitrogens with one attached hydrogen (secondary N) is 1. The third-order valence-electron chi connectivity index (χ3n) is 5.04. The minimum Gasteiger partial charge on any atom is -0.497 e. The fourth-order valence-corrected chi connectivity index (χ4v) is 3.97. The summed E-state index contributed by atoms with van der Waals surface area (Å²) in [6, 6.07) is 7.38. The van der Waals surface area contributed by atoms with Gasteiger partial charge in [0.05, 0.1) is 17.8 Å². The van der Waals surface area contributed by atoms with Gasteiger partial charge in [-0.05, 0) is 43.4 Å². The van der Waals surface area contributed by atoms with Crippen LogP contribution in [0.4, 0.5) is 0 Å². The van der Waals surface area contributed by atoms with Crippen molar-refractivity contribution in [3.63, 3.8) is 0 Å². The lowest BCUT2D eigenvalue weighted by molar-refractivity contribution is 0.0697. The summed E-state index contributed by atoms with van der Waals surface area (Å²) >= 11 is 6.16. The average Bonchev–Trinajstić information content (AvgIpc) is 3.36. The zero-order valence-electron chi connectivity index (χ0n) is 14.0. The number of hydrogen-bond acceptors (Lipinski definition) is 4. The van der Waals surface area contributed by atoms with Gasteiger partial charge in [-0.15, -0.1) is 0 Å². The van der Waals surface area contributed by atoms with Crippen LogP contribution in [0.3, 0.4) is 0 Å². The van der Waals surface area contributed by atoms with E-state index in [1.54, 1.807) is 31.4 Å². The number of nitrogens with zero attached hydrogens (tertiary/aromatic N) is 2. The van der Waals surface area contributed by atoms with Gasteiger partial charge in [-0.2, -0.15) is 5.10 Å². The molecule has 2 aromatic rings. The van der Waals surface area contributed by atoms with Gasteiger partial charge < -0.3 is 14.4 Å². The van der Waals surface area contributed by atoms with Crippen molar-refractivity contribution in [1.82, 2.24) is 15.1 Å². The largest absolute Gasteiger partial charge is 0.497 e. The van der Waals surface area contributed by atoms with E-state index in [0.717, 1.165) is 25.1 Å². The van der Waals surface area contributed by atoms with E-state index in [2.05, 4.69) is 10.2 Å². The van der Waals surface area contributed by atoms with E-state index >= 15 is 0 Å². The van der Waals surface area contributed by atoms with Crippen molar-refractivity contribution < 1.29 is 14.3 Å². The highest BCUT2D eigenvalue weighted by Gasteiger charge is 2.40. The smallest absolute Gasteiger partial charge is 0.274 e. The molecule has 25 heavy (non-hydrogen) atoms. The first-order chi connectivity index (χ1) is 12.1. The summed E-state index contributed by atoms with van der Waals surface area (Å²) < 4.78 is 10.8. The zero-order valence-corrected chi connectivity index (χ0v) is 14.8. The molecule has 2 atom stereocenters. The Balaban J connectivity index is 1.39. The standard InChI is InChI=1S/C18H20ClN3O3/c1-24-14-4-5-17(15(19)8-14)25-10-12-7-16(21-20-12)18(23)22-9-11-2-3-13(22)6-11/h4-5,7-8,11,13H,2-3,6,9-10H2,1H3,(H,20,21)/t11-,13-/m1/s1. The Kier molecular flexibility index (Phi) is 4.29. The number of amides is 1. The highest BCUT2D eigenvalue weighted by molar-refractivity contribution is 6.32. The van der Waals surface area contributed by atoms with Crippen molar-refractivity contribution in [1.29, 1.82) is 0 Å². The Morgan fingerprint density at radius 2 is 2.28 bits per heavy atom. The predicted octanol–water partition coefficient (Wildman–Crippen LogP) is 3.28. The molecule has 1 saturated carbocycles. The summed E-state index contributed by atoms with van der Waals surface area (Å²) in [6.07, 6.45) is 3.51. The zero-order chi connectivity index (χ0) is 17.4. The fraction of sp³-hybridized carbons (Fsp3) is 0.444. The molecule has 7 heteroatoms. The number of halogens is 1. The molecule has 6 nitrogen and oxygen atoms in total. The minimum atomic E-state index is 0.0113. The van der Waals surface area contributed by atoms with E-state index in [4.69, 9.17) is 21.1 Å².